The average molecular weight is 342 g/mol. The van der Waals surface area contributed by atoms with Crippen LogP contribution in [0.15, 0.2) is 0 Å². The number of nitrogens with one attached hydrogen (secondary N) is 1. The summed E-state index contributed by atoms with van der Waals surface area (Å²) in [7, 11) is 2.26. The van der Waals surface area contributed by atoms with Crippen molar-refractivity contribution in [1.82, 2.24) is 10.2 Å². The second kappa shape index (κ2) is 14.1. The molecule has 0 heterocycles. The zero-order valence-corrected chi connectivity index (χ0v) is 17.7. The molecular formula is C21H47N3. The molecule has 0 aliphatic carbocycles. The maximum Gasteiger partial charge on any atom is 0.0406 e. The molecule has 3 atom stereocenters. The van der Waals surface area contributed by atoms with Crippen LogP contribution in [-0.4, -0.2) is 42.7 Å². The summed E-state index contributed by atoms with van der Waals surface area (Å²) in [6, 6.07) is 1.18. The van der Waals surface area contributed by atoms with E-state index in [1.165, 1.54) is 64.2 Å². The molecule has 0 radical (unpaired) electrons. The van der Waals surface area contributed by atoms with Crippen molar-refractivity contribution in [3.63, 3.8) is 0 Å². The summed E-state index contributed by atoms with van der Waals surface area (Å²) in [4.78, 5) is 2.50. The Morgan fingerprint density at radius 3 is 1.96 bits per heavy atom. The van der Waals surface area contributed by atoms with Crippen molar-refractivity contribution in [2.75, 3.05) is 20.1 Å². The normalized spacial score (nSPS) is 17.0. The van der Waals surface area contributed by atoms with Gasteiger partial charge in [-0.05, 0) is 40.7 Å². The highest BCUT2D eigenvalue weighted by Gasteiger charge is 2.27. The van der Waals surface area contributed by atoms with Crippen LogP contribution in [0.1, 0.15) is 98.8 Å². The summed E-state index contributed by atoms with van der Waals surface area (Å²) < 4.78 is 0. The minimum atomic E-state index is 0.0105. The molecule has 146 valence electrons. The Morgan fingerprint density at radius 1 is 0.917 bits per heavy atom. The first kappa shape index (κ1) is 23.9. The van der Waals surface area contributed by atoms with Crippen LogP contribution >= 0.6 is 0 Å². The summed E-state index contributed by atoms with van der Waals surface area (Å²) in [5.74, 6) is 0. The number of nitrogens with zero attached hydrogens (tertiary/aromatic N) is 1. The van der Waals surface area contributed by atoms with Gasteiger partial charge in [-0.1, -0.05) is 65.2 Å². The molecule has 0 aliphatic heterocycles. The SMILES string of the molecule is CCCCCCC(C)NC(C)(CN)CN(C)C(C)CCCCCC. The molecule has 3 nitrogen and oxygen atoms in total. The zero-order valence-electron chi connectivity index (χ0n) is 17.7. The van der Waals surface area contributed by atoms with Crippen LogP contribution in [0.5, 0.6) is 0 Å². The van der Waals surface area contributed by atoms with E-state index in [-0.39, 0.29) is 5.54 Å². The van der Waals surface area contributed by atoms with E-state index in [9.17, 15) is 0 Å². The lowest BCUT2D eigenvalue weighted by atomic mass is 9.97. The molecule has 0 spiro atoms. The molecule has 24 heavy (non-hydrogen) atoms. The Morgan fingerprint density at radius 2 is 1.46 bits per heavy atom. The molecule has 0 saturated carbocycles. The van der Waals surface area contributed by atoms with Crippen molar-refractivity contribution < 1.29 is 0 Å². The number of hydrogen-bond donors (Lipinski definition) is 2. The second-order valence-corrected chi connectivity index (χ2v) is 8.27. The monoisotopic (exact) mass is 341 g/mol. The van der Waals surface area contributed by atoms with Crippen LogP contribution in [0.25, 0.3) is 0 Å². The lowest BCUT2D eigenvalue weighted by Gasteiger charge is -2.38. The highest BCUT2D eigenvalue weighted by atomic mass is 15.2. The molecule has 3 N–H and O–H groups in total. The molecule has 0 bridgehead atoms. The van der Waals surface area contributed by atoms with E-state index in [1.54, 1.807) is 0 Å². The lowest BCUT2D eigenvalue weighted by Crippen LogP contribution is -2.59. The van der Waals surface area contributed by atoms with Crippen LogP contribution in [0.3, 0.4) is 0 Å². The molecule has 0 rings (SSSR count). The van der Waals surface area contributed by atoms with Gasteiger partial charge < -0.3 is 16.0 Å². The first-order valence-electron chi connectivity index (χ1n) is 10.6. The van der Waals surface area contributed by atoms with Gasteiger partial charge in [0.05, 0.1) is 0 Å². The van der Waals surface area contributed by atoms with Crippen molar-refractivity contribution in [3.05, 3.63) is 0 Å². The van der Waals surface area contributed by atoms with Crippen molar-refractivity contribution in [2.24, 2.45) is 5.73 Å². The fourth-order valence-electron chi connectivity index (χ4n) is 3.51. The summed E-state index contributed by atoms with van der Waals surface area (Å²) in [5.41, 5.74) is 6.14. The molecule has 0 amide bonds. The van der Waals surface area contributed by atoms with Crippen LogP contribution in [0.2, 0.25) is 0 Å². The number of hydrogen-bond acceptors (Lipinski definition) is 3. The van der Waals surface area contributed by atoms with Crippen molar-refractivity contribution in [3.8, 4) is 0 Å². The largest absolute Gasteiger partial charge is 0.329 e. The summed E-state index contributed by atoms with van der Waals surface area (Å²) in [5, 5.41) is 3.82. The summed E-state index contributed by atoms with van der Waals surface area (Å²) >= 11 is 0. The fraction of sp³-hybridized carbons (Fsp3) is 1.00. The molecule has 3 heteroatoms. The maximum atomic E-state index is 6.13. The third-order valence-corrected chi connectivity index (χ3v) is 5.36. The maximum absolute atomic E-state index is 6.13. The number of unbranched alkanes of at least 4 members (excludes halogenated alkanes) is 6. The first-order valence-corrected chi connectivity index (χ1v) is 10.6. The molecule has 0 aromatic carbocycles. The molecule has 0 fully saturated rings. The Kier molecular flexibility index (Phi) is 14.0. The van der Waals surface area contributed by atoms with Gasteiger partial charge in [-0.15, -0.1) is 0 Å². The van der Waals surface area contributed by atoms with Crippen LogP contribution in [0.4, 0.5) is 0 Å². The van der Waals surface area contributed by atoms with E-state index in [1.807, 2.05) is 0 Å². The highest BCUT2D eigenvalue weighted by molar-refractivity contribution is 4.90. The molecule has 0 saturated heterocycles. The van der Waals surface area contributed by atoms with E-state index < -0.39 is 0 Å². The first-order chi connectivity index (χ1) is 11.4. The van der Waals surface area contributed by atoms with Crippen molar-refractivity contribution >= 4 is 0 Å². The fourth-order valence-corrected chi connectivity index (χ4v) is 3.51. The minimum absolute atomic E-state index is 0.0105. The Balaban J connectivity index is 4.22. The number of likely N-dealkylation sites (N-methyl/N-ethyl adjacent to an activating group) is 1. The molecule has 0 aromatic heterocycles. The van der Waals surface area contributed by atoms with Gasteiger partial charge in [-0.3, -0.25) is 0 Å². The van der Waals surface area contributed by atoms with Crippen molar-refractivity contribution in [2.45, 2.75) is 116 Å². The Hall–Kier alpha value is -0.120. The molecule has 3 unspecified atom stereocenters. The van der Waals surface area contributed by atoms with Gasteiger partial charge in [0, 0.05) is 30.7 Å². The van der Waals surface area contributed by atoms with E-state index in [0.29, 0.717) is 18.6 Å². The van der Waals surface area contributed by atoms with Gasteiger partial charge in [0.25, 0.3) is 0 Å². The predicted octanol–water partition coefficient (Wildman–Crippen LogP) is 4.94. The smallest absolute Gasteiger partial charge is 0.0406 e. The quantitative estimate of drug-likeness (QED) is 0.391. The average Bonchev–Trinajstić information content (AvgIpc) is 2.55. The van der Waals surface area contributed by atoms with E-state index in [0.717, 1.165) is 6.54 Å². The van der Waals surface area contributed by atoms with Gasteiger partial charge in [0.1, 0.15) is 0 Å². The van der Waals surface area contributed by atoms with Gasteiger partial charge >= 0.3 is 0 Å². The molecule has 0 aromatic rings. The Labute approximate surface area is 153 Å². The van der Waals surface area contributed by atoms with Crippen LogP contribution < -0.4 is 11.1 Å². The van der Waals surface area contributed by atoms with Crippen LogP contribution in [-0.2, 0) is 0 Å². The standard InChI is InChI=1S/C21H47N3/c1-7-9-11-13-15-19(3)23-21(5,17-22)18-24(6)20(4)16-14-12-10-8-2/h19-20,23H,7-18,22H2,1-6H3. The highest BCUT2D eigenvalue weighted by Crippen LogP contribution is 2.15. The van der Waals surface area contributed by atoms with E-state index in [2.05, 4.69) is 51.9 Å². The van der Waals surface area contributed by atoms with E-state index in [4.69, 9.17) is 5.73 Å². The zero-order chi connectivity index (χ0) is 18.4. The third-order valence-electron chi connectivity index (χ3n) is 5.36. The second-order valence-electron chi connectivity index (χ2n) is 8.27. The lowest BCUT2D eigenvalue weighted by molar-refractivity contribution is 0.165. The van der Waals surface area contributed by atoms with Gasteiger partial charge in [-0.25, -0.2) is 0 Å². The third kappa shape index (κ3) is 11.4. The molecular weight excluding hydrogens is 294 g/mol. The Bertz CT molecular complexity index is 282. The van der Waals surface area contributed by atoms with E-state index >= 15 is 0 Å². The number of rotatable bonds is 16. The summed E-state index contributed by atoms with van der Waals surface area (Å²) in [6.07, 6.45) is 13.3. The number of nitrogens with two attached hydrogens (primary N) is 1. The van der Waals surface area contributed by atoms with Crippen LogP contribution in [0, 0.1) is 0 Å². The van der Waals surface area contributed by atoms with Gasteiger partial charge in [0.2, 0.25) is 0 Å². The topological polar surface area (TPSA) is 41.3 Å². The molecule has 0 aliphatic rings. The predicted molar refractivity (Wildman–Crippen MR) is 110 cm³/mol. The van der Waals surface area contributed by atoms with Gasteiger partial charge in [0.15, 0.2) is 0 Å². The van der Waals surface area contributed by atoms with Gasteiger partial charge in [-0.2, -0.15) is 0 Å². The van der Waals surface area contributed by atoms with Crippen molar-refractivity contribution in [1.29, 1.82) is 0 Å². The summed E-state index contributed by atoms with van der Waals surface area (Å²) in [6.45, 7) is 13.2. The minimum Gasteiger partial charge on any atom is -0.329 e.